The average molecular weight is 226 g/mol. The van der Waals surface area contributed by atoms with Gasteiger partial charge in [-0.3, -0.25) is 4.79 Å². The maximum Gasteiger partial charge on any atom is 0.159 e. The number of Topliss-reactive ketones (excluding diaryl/α,β-unsaturated/α-hetero) is 1. The van der Waals surface area contributed by atoms with Crippen molar-refractivity contribution in [3.8, 4) is 0 Å². The van der Waals surface area contributed by atoms with Gasteiger partial charge in [0.25, 0.3) is 0 Å². The van der Waals surface area contributed by atoms with E-state index in [0.717, 1.165) is 18.4 Å². The van der Waals surface area contributed by atoms with Gasteiger partial charge < -0.3 is 0 Å². The monoisotopic (exact) mass is 226 g/mol. The van der Waals surface area contributed by atoms with Crippen molar-refractivity contribution in [2.45, 2.75) is 33.6 Å². The number of fused-ring (bicyclic) bond motifs is 1. The molecule has 0 saturated carbocycles. The minimum Gasteiger partial charge on any atom is -0.295 e. The summed E-state index contributed by atoms with van der Waals surface area (Å²) < 4.78 is 0. The van der Waals surface area contributed by atoms with Gasteiger partial charge in [-0.25, -0.2) is 0 Å². The SMILES string of the molecule is CCc1cc(CC)c2ccc(C(C)=O)cc2c1. The highest BCUT2D eigenvalue weighted by molar-refractivity contribution is 5.99. The fourth-order valence-corrected chi connectivity index (χ4v) is 2.23. The van der Waals surface area contributed by atoms with Crippen molar-refractivity contribution in [3.05, 3.63) is 47.0 Å². The molecule has 17 heavy (non-hydrogen) atoms. The second-order valence-corrected chi connectivity index (χ2v) is 4.45. The molecule has 0 radical (unpaired) electrons. The maximum absolute atomic E-state index is 11.4. The lowest BCUT2D eigenvalue weighted by molar-refractivity contribution is 0.101. The molecule has 2 aromatic carbocycles. The van der Waals surface area contributed by atoms with Gasteiger partial charge in [0.2, 0.25) is 0 Å². The number of rotatable bonds is 3. The molecule has 0 atom stereocenters. The molecule has 88 valence electrons. The molecule has 0 saturated heterocycles. The Balaban J connectivity index is 2.71. The summed E-state index contributed by atoms with van der Waals surface area (Å²) in [5.41, 5.74) is 3.51. The van der Waals surface area contributed by atoms with Gasteiger partial charge in [-0.15, -0.1) is 0 Å². The smallest absolute Gasteiger partial charge is 0.159 e. The molecular weight excluding hydrogens is 208 g/mol. The van der Waals surface area contributed by atoms with E-state index in [1.807, 2.05) is 12.1 Å². The predicted octanol–water partition coefficient (Wildman–Crippen LogP) is 4.17. The molecule has 2 rings (SSSR count). The van der Waals surface area contributed by atoms with Crippen LogP contribution in [0.5, 0.6) is 0 Å². The van der Waals surface area contributed by atoms with E-state index in [-0.39, 0.29) is 5.78 Å². The van der Waals surface area contributed by atoms with Gasteiger partial charge in [-0.2, -0.15) is 0 Å². The first-order chi connectivity index (χ1) is 8.15. The lowest BCUT2D eigenvalue weighted by Gasteiger charge is -2.09. The normalized spacial score (nSPS) is 10.8. The third kappa shape index (κ3) is 2.23. The first-order valence-electron chi connectivity index (χ1n) is 6.22. The summed E-state index contributed by atoms with van der Waals surface area (Å²) in [7, 11) is 0. The molecule has 0 aromatic heterocycles. The number of ketones is 1. The van der Waals surface area contributed by atoms with Crippen LogP contribution in [0.1, 0.15) is 42.3 Å². The molecule has 0 N–H and O–H groups in total. The Hall–Kier alpha value is -1.63. The lowest BCUT2D eigenvalue weighted by Crippen LogP contribution is -1.94. The minimum absolute atomic E-state index is 0.131. The van der Waals surface area contributed by atoms with Crippen LogP contribution in [-0.4, -0.2) is 5.78 Å². The van der Waals surface area contributed by atoms with E-state index in [4.69, 9.17) is 0 Å². The molecule has 0 aliphatic carbocycles. The summed E-state index contributed by atoms with van der Waals surface area (Å²) in [6.07, 6.45) is 2.07. The number of hydrogen-bond donors (Lipinski definition) is 0. The predicted molar refractivity (Wildman–Crippen MR) is 72.7 cm³/mol. The summed E-state index contributed by atoms with van der Waals surface area (Å²) in [4.78, 5) is 11.4. The van der Waals surface area contributed by atoms with Gasteiger partial charge in [-0.1, -0.05) is 38.1 Å². The topological polar surface area (TPSA) is 17.1 Å². The zero-order valence-corrected chi connectivity index (χ0v) is 10.7. The Kier molecular flexibility index (Phi) is 3.28. The Morgan fingerprint density at radius 3 is 2.41 bits per heavy atom. The van der Waals surface area contributed by atoms with Crippen LogP contribution in [0.3, 0.4) is 0 Å². The third-order valence-corrected chi connectivity index (χ3v) is 3.29. The average Bonchev–Trinajstić information content (AvgIpc) is 2.36. The zero-order chi connectivity index (χ0) is 12.4. The molecule has 0 heterocycles. The molecule has 0 fully saturated rings. The molecule has 0 spiro atoms. The highest BCUT2D eigenvalue weighted by Crippen LogP contribution is 2.23. The Labute approximate surface area is 102 Å². The van der Waals surface area contributed by atoms with Crippen molar-refractivity contribution in [1.82, 2.24) is 0 Å². The van der Waals surface area contributed by atoms with Crippen LogP contribution in [0.15, 0.2) is 30.3 Å². The molecule has 1 nitrogen and oxygen atoms in total. The van der Waals surface area contributed by atoms with Gasteiger partial charge >= 0.3 is 0 Å². The number of benzene rings is 2. The van der Waals surface area contributed by atoms with Gasteiger partial charge in [0.15, 0.2) is 5.78 Å². The van der Waals surface area contributed by atoms with E-state index in [0.29, 0.717) is 0 Å². The van der Waals surface area contributed by atoms with Crippen molar-refractivity contribution in [2.75, 3.05) is 0 Å². The Bertz CT molecular complexity index is 567. The number of aryl methyl sites for hydroxylation is 2. The van der Waals surface area contributed by atoms with Crippen LogP contribution in [0.25, 0.3) is 10.8 Å². The van der Waals surface area contributed by atoms with Crippen molar-refractivity contribution in [2.24, 2.45) is 0 Å². The van der Waals surface area contributed by atoms with Crippen LogP contribution in [0, 0.1) is 0 Å². The standard InChI is InChI=1S/C16H18O/c1-4-12-8-13(5-2)16-7-6-14(11(3)17)10-15(16)9-12/h6-10H,4-5H2,1-3H3. The second-order valence-electron chi connectivity index (χ2n) is 4.45. The van der Waals surface area contributed by atoms with Crippen LogP contribution >= 0.6 is 0 Å². The van der Waals surface area contributed by atoms with E-state index in [9.17, 15) is 4.79 Å². The van der Waals surface area contributed by atoms with Crippen molar-refractivity contribution >= 4 is 16.6 Å². The third-order valence-electron chi connectivity index (χ3n) is 3.29. The van der Waals surface area contributed by atoms with Crippen LogP contribution in [0.4, 0.5) is 0 Å². The van der Waals surface area contributed by atoms with E-state index in [1.54, 1.807) is 6.92 Å². The minimum atomic E-state index is 0.131. The van der Waals surface area contributed by atoms with Gasteiger partial charge in [0, 0.05) is 5.56 Å². The summed E-state index contributed by atoms with van der Waals surface area (Å²) in [5.74, 6) is 0.131. The fraction of sp³-hybridized carbons (Fsp3) is 0.312. The second kappa shape index (κ2) is 4.70. The molecule has 0 unspecified atom stereocenters. The van der Waals surface area contributed by atoms with Gasteiger partial charge in [0.05, 0.1) is 0 Å². The summed E-state index contributed by atoms with van der Waals surface area (Å²) in [6.45, 7) is 5.95. The lowest BCUT2D eigenvalue weighted by atomic mass is 9.96. The van der Waals surface area contributed by atoms with Gasteiger partial charge in [0.1, 0.15) is 0 Å². The van der Waals surface area contributed by atoms with Crippen LogP contribution in [0.2, 0.25) is 0 Å². The molecular formula is C16H18O. The van der Waals surface area contributed by atoms with E-state index in [2.05, 4.69) is 32.0 Å². The Morgan fingerprint density at radius 1 is 1.06 bits per heavy atom. The first kappa shape index (κ1) is 11.8. The van der Waals surface area contributed by atoms with Crippen LogP contribution in [-0.2, 0) is 12.8 Å². The van der Waals surface area contributed by atoms with E-state index >= 15 is 0 Å². The Morgan fingerprint density at radius 2 is 1.82 bits per heavy atom. The zero-order valence-electron chi connectivity index (χ0n) is 10.7. The number of carbonyl (C=O) groups is 1. The molecule has 0 amide bonds. The van der Waals surface area contributed by atoms with Crippen molar-refractivity contribution < 1.29 is 4.79 Å². The van der Waals surface area contributed by atoms with E-state index in [1.165, 1.54) is 21.9 Å². The summed E-state index contributed by atoms with van der Waals surface area (Å²) in [5, 5.41) is 2.46. The quantitative estimate of drug-likeness (QED) is 0.718. The molecule has 2 aromatic rings. The maximum atomic E-state index is 11.4. The van der Waals surface area contributed by atoms with Crippen molar-refractivity contribution in [1.29, 1.82) is 0 Å². The molecule has 1 heteroatoms. The molecule has 0 aliphatic rings. The molecule has 0 aliphatic heterocycles. The number of carbonyl (C=O) groups excluding carboxylic acids is 1. The van der Waals surface area contributed by atoms with E-state index < -0.39 is 0 Å². The van der Waals surface area contributed by atoms with Crippen LogP contribution < -0.4 is 0 Å². The summed E-state index contributed by atoms with van der Waals surface area (Å²) >= 11 is 0. The number of hydrogen-bond acceptors (Lipinski definition) is 1. The largest absolute Gasteiger partial charge is 0.295 e. The first-order valence-corrected chi connectivity index (χ1v) is 6.22. The van der Waals surface area contributed by atoms with Crippen molar-refractivity contribution in [3.63, 3.8) is 0 Å². The fourth-order valence-electron chi connectivity index (χ4n) is 2.23. The summed E-state index contributed by atoms with van der Waals surface area (Å²) in [6, 6.07) is 10.5. The highest BCUT2D eigenvalue weighted by Gasteiger charge is 2.05. The molecule has 0 bridgehead atoms. The highest BCUT2D eigenvalue weighted by atomic mass is 16.1. The van der Waals surface area contributed by atoms with Gasteiger partial charge in [-0.05, 0) is 47.7 Å².